The van der Waals surface area contributed by atoms with Gasteiger partial charge < -0.3 is 15.7 Å². The van der Waals surface area contributed by atoms with Crippen LogP contribution in [-0.4, -0.2) is 45.9 Å². The molecule has 4 N–H and O–H groups in total. The summed E-state index contributed by atoms with van der Waals surface area (Å²) in [4.78, 5) is 13.8. The van der Waals surface area contributed by atoms with E-state index in [-0.39, 0.29) is 11.5 Å². The van der Waals surface area contributed by atoms with Crippen LogP contribution in [0.15, 0.2) is 47.5 Å². The number of pyridine rings is 1. The summed E-state index contributed by atoms with van der Waals surface area (Å²) in [6.45, 7) is 3.70. The van der Waals surface area contributed by atoms with Crippen LogP contribution in [0.3, 0.4) is 0 Å². The Morgan fingerprint density at radius 2 is 2.15 bits per heavy atom. The van der Waals surface area contributed by atoms with Crippen molar-refractivity contribution in [1.82, 2.24) is 25.6 Å². The van der Waals surface area contributed by atoms with E-state index in [1.807, 2.05) is 12.1 Å². The van der Waals surface area contributed by atoms with Gasteiger partial charge in [0.15, 0.2) is 5.82 Å². The van der Waals surface area contributed by atoms with Crippen molar-refractivity contribution in [2.24, 2.45) is 0 Å². The summed E-state index contributed by atoms with van der Waals surface area (Å²) in [5.74, 6) is 0.894. The quantitative estimate of drug-likeness (QED) is 0.668. The van der Waals surface area contributed by atoms with Gasteiger partial charge in [-0.15, -0.1) is 0 Å². The minimum Gasteiger partial charge on any atom is -0.507 e. The topological polar surface area (TPSA) is 107 Å². The third-order valence-corrected chi connectivity index (χ3v) is 5.05. The van der Waals surface area contributed by atoms with E-state index in [4.69, 9.17) is 10.4 Å². The van der Waals surface area contributed by atoms with Crippen LogP contribution in [-0.2, 0) is 0 Å². The summed E-state index contributed by atoms with van der Waals surface area (Å²) < 4.78 is 0. The third kappa shape index (κ3) is 3.10. The fourth-order valence-corrected chi connectivity index (χ4v) is 3.48. The minimum atomic E-state index is 0.0363. The number of nitrogens with zero attached hydrogens (tertiary/aromatic N) is 3. The normalized spacial score (nSPS) is 21.9. The average molecular weight is 362 g/mol. The van der Waals surface area contributed by atoms with Crippen molar-refractivity contribution in [3.8, 4) is 0 Å². The van der Waals surface area contributed by atoms with E-state index >= 15 is 0 Å². The molecule has 27 heavy (non-hydrogen) atoms. The molecule has 2 aromatic heterocycles. The molecule has 138 valence electrons. The first kappa shape index (κ1) is 17.4. The molecule has 0 spiro atoms. The van der Waals surface area contributed by atoms with E-state index < -0.39 is 0 Å². The van der Waals surface area contributed by atoms with E-state index in [1.54, 1.807) is 32.4 Å². The molecule has 2 aliphatic rings. The standard InChI is InChI=1S/C20H22N6O/c1-11-18(21)13(8-22-2)7-14(19(11)27)20-24-10-17-16(26-20)4-3-15(25-17)12-5-6-23-9-12/h3-4,7-8,10,12,21-23,27H,5-6,9H2,1-2H3/b13-8-,21-18?. The van der Waals surface area contributed by atoms with Gasteiger partial charge in [-0.25, -0.2) is 15.0 Å². The predicted octanol–water partition coefficient (Wildman–Crippen LogP) is 2.45. The average Bonchev–Trinajstić information content (AvgIpc) is 3.22. The summed E-state index contributed by atoms with van der Waals surface area (Å²) in [7, 11) is 1.77. The zero-order chi connectivity index (χ0) is 19.0. The van der Waals surface area contributed by atoms with E-state index in [9.17, 15) is 5.11 Å². The highest BCUT2D eigenvalue weighted by atomic mass is 16.3. The molecule has 3 heterocycles. The molecule has 1 fully saturated rings. The fourth-order valence-electron chi connectivity index (χ4n) is 3.48. The van der Waals surface area contributed by atoms with E-state index in [2.05, 4.69) is 20.6 Å². The highest BCUT2D eigenvalue weighted by molar-refractivity contribution is 6.16. The molecule has 0 bridgehead atoms. The first-order valence-corrected chi connectivity index (χ1v) is 9.02. The zero-order valence-electron chi connectivity index (χ0n) is 15.4. The Hall–Kier alpha value is -3.06. The second kappa shape index (κ2) is 6.92. The van der Waals surface area contributed by atoms with Crippen LogP contribution in [0.25, 0.3) is 16.6 Å². The van der Waals surface area contributed by atoms with Crippen molar-refractivity contribution >= 4 is 22.3 Å². The molecular weight excluding hydrogens is 340 g/mol. The summed E-state index contributed by atoms with van der Waals surface area (Å²) in [6, 6.07) is 3.99. The highest BCUT2D eigenvalue weighted by Crippen LogP contribution is 2.30. The molecule has 0 aromatic carbocycles. The van der Waals surface area contributed by atoms with Crippen LogP contribution in [0.1, 0.15) is 30.8 Å². The Bertz CT molecular complexity index is 1010. The second-order valence-electron chi connectivity index (χ2n) is 6.82. The summed E-state index contributed by atoms with van der Waals surface area (Å²) in [5, 5.41) is 25.0. The predicted molar refractivity (Wildman–Crippen MR) is 106 cm³/mol. The van der Waals surface area contributed by atoms with Gasteiger partial charge in [-0.3, -0.25) is 5.41 Å². The maximum absolute atomic E-state index is 10.5. The highest BCUT2D eigenvalue weighted by Gasteiger charge is 2.23. The van der Waals surface area contributed by atoms with Crippen molar-refractivity contribution in [3.63, 3.8) is 0 Å². The van der Waals surface area contributed by atoms with Crippen LogP contribution in [0.5, 0.6) is 0 Å². The van der Waals surface area contributed by atoms with Crippen LogP contribution < -0.4 is 10.6 Å². The maximum atomic E-state index is 10.5. The molecule has 1 aliphatic heterocycles. The number of nitrogens with one attached hydrogen (secondary N) is 3. The molecule has 0 saturated carbocycles. The van der Waals surface area contributed by atoms with Gasteiger partial charge in [-0.1, -0.05) is 0 Å². The van der Waals surface area contributed by atoms with Crippen LogP contribution in [0.2, 0.25) is 0 Å². The monoisotopic (exact) mass is 362 g/mol. The molecule has 4 rings (SSSR count). The number of hydrogen-bond donors (Lipinski definition) is 4. The third-order valence-electron chi connectivity index (χ3n) is 5.05. The molecule has 1 unspecified atom stereocenters. The van der Waals surface area contributed by atoms with Gasteiger partial charge >= 0.3 is 0 Å². The molecule has 1 atom stereocenters. The Morgan fingerprint density at radius 3 is 2.89 bits per heavy atom. The minimum absolute atomic E-state index is 0.0363. The van der Waals surface area contributed by atoms with Crippen LogP contribution in [0, 0.1) is 5.41 Å². The molecule has 7 heteroatoms. The molecular formula is C20H22N6O. The van der Waals surface area contributed by atoms with E-state index in [0.717, 1.165) is 36.2 Å². The van der Waals surface area contributed by atoms with Crippen molar-refractivity contribution < 1.29 is 5.11 Å². The summed E-state index contributed by atoms with van der Waals surface area (Å²) in [5.41, 5.74) is 4.51. The van der Waals surface area contributed by atoms with Gasteiger partial charge in [-0.05, 0) is 38.1 Å². The maximum Gasteiger partial charge on any atom is 0.163 e. The molecule has 7 nitrogen and oxygen atoms in total. The Kier molecular flexibility index (Phi) is 4.45. The number of hydrogen-bond acceptors (Lipinski definition) is 7. The van der Waals surface area contributed by atoms with Gasteiger partial charge in [0, 0.05) is 42.6 Å². The van der Waals surface area contributed by atoms with Crippen molar-refractivity contribution in [1.29, 1.82) is 5.41 Å². The van der Waals surface area contributed by atoms with Gasteiger partial charge in [0.05, 0.1) is 23.0 Å². The Morgan fingerprint density at radius 1 is 1.30 bits per heavy atom. The largest absolute Gasteiger partial charge is 0.507 e. The lowest BCUT2D eigenvalue weighted by molar-refractivity contribution is 0.432. The van der Waals surface area contributed by atoms with Gasteiger partial charge in [-0.2, -0.15) is 0 Å². The van der Waals surface area contributed by atoms with Crippen molar-refractivity contribution in [2.45, 2.75) is 19.3 Å². The van der Waals surface area contributed by atoms with Crippen molar-refractivity contribution in [3.05, 3.63) is 59.0 Å². The van der Waals surface area contributed by atoms with Crippen molar-refractivity contribution in [2.75, 3.05) is 20.1 Å². The second-order valence-corrected chi connectivity index (χ2v) is 6.82. The number of aliphatic hydroxyl groups excluding tert-OH is 1. The number of aliphatic hydroxyl groups is 1. The van der Waals surface area contributed by atoms with Crippen LogP contribution >= 0.6 is 0 Å². The first-order valence-electron chi connectivity index (χ1n) is 9.02. The molecule has 0 radical (unpaired) electrons. The number of rotatable bonds is 3. The Balaban J connectivity index is 1.75. The number of allylic oxidation sites excluding steroid dienone is 4. The van der Waals surface area contributed by atoms with E-state index in [1.165, 1.54) is 0 Å². The summed E-state index contributed by atoms with van der Waals surface area (Å²) in [6.07, 6.45) is 6.25. The lowest BCUT2D eigenvalue weighted by atomic mass is 9.92. The lowest BCUT2D eigenvalue weighted by Crippen LogP contribution is -2.14. The van der Waals surface area contributed by atoms with Gasteiger partial charge in [0.1, 0.15) is 11.3 Å². The van der Waals surface area contributed by atoms with Crippen LogP contribution in [0.4, 0.5) is 0 Å². The number of fused-ring (bicyclic) bond motifs is 1. The first-order chi connectivity index (χ1) is 13.1. The SMILES string of the molecule is CN/C=C1/C=C(c2ncc3nc(C4CCNC4)ccc3n2)C(O)=C(C)C1=N. The van der Waals surface area contributed by atoms with Gasteiger partial charge in [0.25, 0.3) is 0 Å². The smallest absolute Gasteiger partial charge is 0.163 e. The lowest BCUT2D eigenvalue weighted by Gasteiger charge is -2.18. The van der Waals surface area contributed by atoms with E-state index in [0.29, 0.717) is 28.5 Å². The molecule has 1 aliphatic carbocycles. The molecule has 2 aromatic rings. The Labute approximate surface area is 157 Å². The molecule has 1 saturated heterocycles. The molecule has 0 amide bonds. The van der Waals surface area contributed by atoms with Gasteiger partial charge in [0.2, 0.25) is 0 Å². The number of aromatic nitrogens is 3. The fraction of sp³-hybridized carbons (Fsp3) is 0.300. The summed E-state index contributed by atoms with van der Waals surface area (Å²) >= 11 is 0. The zero-order valence-corrected chi connectivity index (χ0v) is 15.4.